The van der Waals surface area contributed by atoms with E-state index in [-0.39, 0.29) is 11.9 Å². The second kappa shape index (κ2) is 6.24. The predicted molar refractivity (Wildman–Crippen MR) is 81.1 cm³/mol. The van der Waals surface area contributed by atoms with E-state index in [1.165, 1.54) is 11.1 Å². The Morgan fingerprint density at radius 3 is 3.05 bits per heavy atom. The average Bonchev–Trinajstić information content (AvgIpc) is 2.47. The van der Waals surface area contributed by atoms with Crippen molar-refractivity contribution in [3.63, 3.8) is 0 Å². The molecule has 0 unspecified atom stereocenters. The smallest absolute Gasteiger partial charge is 0.115 e. The van der Waals surface area contributed by atoms with Gasteiger partial charge in [0.2, 0.25) is 0 Å². The number of phenols is 1. The molecule has 1 atom stereocenters. The number of aromatic nitrogens is 1. The van der Waals surface area contributed by atoms with Crippen molar-refractivity contribution in [3.05, 3.63) is 59.4 Å². The van der Waals surface area contributed by atoms with Gasteiger partial charge in [0.25, 0.3) is 0 Å². The Kier molecular flexibility index (Phi) is 4.18. The Balaban J connectivity index is 1.68. The zero-order valence-electron chi connectivity index (χ0n) is 12.2. The molecule has 110 valence electrons. The van der Waals surface area contributed by atoms with E-state index in [0.717, 1.165) is 25.2 Å². The maximum absolute atomic E-state index is 9.60. The molecule has 1 aromatic heterocycles. The fourth-order valence-electron chi connectivity index (χ4n) is 2.74. The van der Waals surface area contributed by atoms with E-state index in [4.69, 9.17) is 4.74 Å². The monoisotopic (exact) mass is 284 g/mol. The Bertz CT molecular complexity index is 615. The number of phenolic OH excluding ortho intramolecular Hbond substituents is 1. The molecule has 2 aromatic rings. The van der Waals surface area contributed by atoms with Crippen molar-refractivity contribution in [2.75, 3.05) is 19.7 Å². The second-order valence-corrected chi connectivity index (χ2v) is 5.56. The van der Waals surface area contributed by atoms with E-state index in [1.807, 2.05) is 24.5 Å². The van der Waals surface area contributed by atoms with Crippen LogP contribution in [0.25, 0.3) is 0 Å². The average molecular weight is 284 g/mol. The highest BCUT2D eigenvalue weighted by Crippen LogP contribution is 2.25. The zero-order valence-corrected chi connectivity index (χ0v) is 12.2. The van der Waals surface area contributed by atoms with Crippen LogP contribution in [-0.2, 0) is 11.3 Å². The van der Waals surface area contributed by atoms with Gasteiger partial charge in [-0.25, -0.2) is 0 Å². The minimum atomic E-state index is 0.0172. The van der Waals surface area contributed by atoms with Crippen LogP contribution in [0.2, 0.25) is 0 Å². The third kappa shape index (κ3) is 3.60. The number of hydrogen-bond donors (Lipinski definition) is 1. The molecule has 2 heterocycles. The van der Waals surface area contributed by atoms with E-state index in [1.54, 1.807) is 12.1 Å². The van der Waals surface area contributed by atoms with Crippen LogP contribution in [0, 0.1) is 6.92 Å². The molecule has 21 heavy (non-hydrogen) atoms. The summed E-state index contributed by atoms with van der Waals surface area (Å²) in [5.41, 5.74) is 3.44. The quantitative estimate of drug-likeness (QED) is 0.941. The van der Waals surface area contributed by atoms with Gasteiger partial charge in [0.15, 0.2) is 0 Å². The fourth-order valence-corrected chi connectivity index (χ4v) is 2.74. The lowest BCUT2D eigenvalue weighted by atomic mass is 10.1. The van der Waals surface area contributed by atoms with Gasteiger partial charge in [0.05, 0.1) is 12.7 Å². The third-order valence-electron chi connectivity index (χ3n) is 3.73. The molecule has 4 heteroatoms. The molecule has 1 saturated heterocycles. The van der Waals surface area contributed by atoms with Crippen LogP contribution in [0.5, 0.6) is 5.75 Å². The first-order valence-electron chi connectivity index (χ1n) is 7.24. The van der Waals surface area contributed by atoms with E-state index in [2.05, 4.69) is 22.9 Å². The first kappa shape index (κ1) is 14.0. The normalized spacial score (nSPS) is 19.6. The molecule has 0 saturated carbocycles. The highest BCUT2D eigenvalue weighted by atomic mass is 16.5. The Hall–Kier alpha value is -1.91. The lowest BCUT2D eigenvalue weighted by molar-refractivity contribution is -0.0330. The summed E-state index contributed by atoms with van der Waals surface area (Å²) in [7, 11) is 0. The number of rotatable bonds is 3. The van der Waals surface area contributed by atoms with E-state index < -0.39 is 0 Å². The number of nitrogens with zero attached hydrogens (tertiary/aromatic N) is 2. The molecule has 0 radical (unpaired) electrons. The molecule has 1 aromatic carbocycles. The van der Waals surface area contributed by atoms with Gasteiger partial charge in [-0.2, -0.15) is 0 Å². The number of hydrogen-bond acceptors (Lipinski definition) is 4. The molecule has 0 bridgehead atoms. The SMILES string of the molecule is Cc1cncc(CN2CCO[C@H](c3cccc(O)c3)C2)c1. The van der Waals surface area contributed by atoms with Crippen LogP contribution in [0.1, 0.15) is 22.8 Å². The minimum absolute atomic E-state index is 0.0172. The van der Waals surface area contributed by atoms with Crippen LogP contribution < -0.4 is 0 Å². The van der Waals surface area contributed by atoms with Crippen molar-refractivity contribution in [3.8, 4) is 5.75 Å². The zero-order chi connectivity index (χ0) is 14.7. The summed E-state index contributed by atoms with van der Waals surface area (Å²) < 4.78 is 5.84. The Morgan fingerprint density at radius 1 is 1.33 bits per heavy atom. The van der Waals surface area contributed by atoms with Gasteiger partial charge in [-0.1, -0.05) is 18.2 Å². The molecule has 4 nitrogen and oxygen atoms in total. The van der Waals surface area contributed by atoms with Gasteiger partial charge < -0.3 is 9.84 Å². The summed E-state index contributed by atoms with van der Waals surface area (Å²) in [4.78, 5) is 6.62. The van der Waals surface area contributed by atoms with Gasteiger partial charge in [-0.3, -0.25) is 9.88 Å². The molecular formula is C17H20N2O2. The molecule has 1 fully saturated rings. The maximum atomic E-state index is 9.60. The highest BCUT2D eigenvalue weighted by Gasteiger charge is 2.22. The number of aromatic hydroxyl groups is 1. The number of ether oxygens (including phenoxy) is 1. The molecule has 1 aliphatic rings. The van der Waals surface area contributed by atoms with E-state index in [0.29, 0.717) is 6.61 Å². The van der Waals surface area contributed by atoms with Crippen LogP contribution in [0.15, 0.2) is 42.7 Å². The Morgan fingerprint density at radius 2 is 2.24 bits per heavy atom. The second-order valence-electron chi connectivity index (χ2n) is 5.56. The van der Waals surface area contributed by atoms with Crippen molar-refractivity contribution in [2.24, 2.45) is 0 Å². The maximum Gasteiger partial charge on any atom is 0.115 e. The van der Waals surface area contributed by atoms with Crippen LogP contribution >= 0.6 is 0 Å². The molecule has 1 N–H and O–H groups in total. The van der Waals surface area contributed by atoms with Crippen LogP contribution in [-0.4, -0.2) is 34.7 Å². The van der Waals surface area contributed by atoms with E-state index in [9.17, 15) is 5.11 Å². The third-order valence-corrected chi connectivity index (χ3v) is 3.73. The fraction of sp³-hybridized carbons (Fsp3) is 0.353. The van der Waals surface area contributed by atoms with Crippen molar-refractivity contribution in [2.45, 2.75) is 19.6 Å². The molecular weight excluding hydrogens is 264 g/mol. The minimum Gasteiger partial charge on any atom is -0.508 e. The van der Waals surface area contributed by atoms with Gasteiger partial charge >= 0.3 is 0 Å². The van der Waals surface area contributed by atoms with Crippen molar-refractivity contribution >= 4 is 0 Å². The highest BCUT2D eigenvalue weighted by molar-refractivity contribution is 5.29. The van der Waals surface area contributed by atoms with Crippen molar-refractivity contribution < 1.29 is 9.84 Å². The summed E-state index contributed by atoms with van der Waals surface area (Å²) in [5.74, 6) is 0.288. The first-order chi connectivity index (χ1) is 10.2. The summed E-state index contributed by atoms with van der Waals surface area (Å²) in [5, 5.41) is 9.60. The van der Waals surface area contributed by atoms with Crippen LogP contribution in [0.3, 0.4) is 0 Å². The molecule has 0 spiro atoms. The molecule has 1 aliphatic heterocycles. The number of benzene rings is 1. The van der Waals surface area contributed by atoms with Crippen LogP contribution in [0.4, 0.5) is 0 Å². The largest absolute Gasteiger partial charge is 0.508 e. The molecule has 3 rings (SSSR count). The first-order valence-corrected chi connectivity index (χ1v) is 7.24. The van der Waals surface area contributed by atoms with Crippen molar-refractivity contribution in [1.82, 2.24) is 9.88 Å². The van der Waals surface area contributed by atoms with Gasteiger partial charge in [0.1, 0.15) is 5.75 Å². The van der Waals surface area contributed by atoms with Crippen molar-refractivity contribution in [1.29, 1.82) is 0 Å². The lowest BCUT2D eigenvalue weighted by Crippen LogP contribution is -2.37. The summed E-state index contributed by atoms with van der Waals surface area (Å²) >= 11 is 0. The van der Waals surface area contributed by atoms with Gasteiger partial charge in [0, 0.05) is 32.0 Å². The number of pyridine rings is 1. The predicted octanol–water partition coefficient (Wildman–Crippen LogP) is 2.67. The van der Waals surface area contributed by atoms with Gasteiger partial charge in [-0.15, -0.1) is 0 Å². The number of morpholine rings is 1. The van der Waals surface area contributed by atoms with Gasteiger partial charge in [-0.05, 0) is 35.7 Å². The summed E-state index contributed by atoms with van der Waals surface area (Å²) in [6, 6.07) is 9.50. The van der Waals surface area contributed by atoms with E-state index >= 15 is 0 Å². The topological polar surface area (TPSA) is 45.6 Å². The molecule has 0 aliphatic carbocycles. The Labute approximate surface area is 125 Å². The number of aryl methyl sites for hydroxylation is 1. The summed E-state index contributed by atoms with van der Waals surface area (Å²) in [6.07, 6.45) is 3.81. The summed E-state index contributed by atoms with van der Waals surface area (Å²) in [6.45, 7) is 5.40. The lowest BCUT2D eigenvalue weighted by Gasteiger charge is -2.33. The molecule has 0 amide bonds. The standard InChI is InChI=1S/C17H20N2O2/c1-13-7-14(10-18-9-13)11-19-5-6-21-17(12-19)15-3-2-4-16(20)8-15/h2-4,7-10,17,20H,5-6,11-12H2,1H3/t17-/m0/s1.